The van der Waals surface area contributed by atoms with Crippen LogP contribution in [0.3, 0.4) is 0 Å². The number of hydrogen-bond acceptors (Lipinski definition) is 4. The number of piperazine rings is 1. The smallest absolute Gasteiger partial charge is 0.277 e. The Hall–Kier alpha value is -3.94. The molecule has 1 amide bonds. The van der Waals surface area contributed by atoms with Crippen LogP contribution < -0.4 is 10.5 Å². The first-order valence-electron chi connectivity index (χ1n) is 12.5. The molecule has 0 bridgehead atoms. The second-order valence-electron chi connectivity index (χ2n) is 9.15. The molecule has 2 aromatic heterocycles. The molecule has 0 atom stereocenters. The van der Waals surface area contributed by atoms with E-state index in [0.717, 1.165) is 24.0 Å². The minimum absolute atomic E-state index is 0.0533. The van der Waals surface area contributed by atoms with E-state index in [0.29, 0.717) is 49.4 Å². The number of carbonyl (C=O) groups is 1. The van der Waals surface area contributed by atoms with Gasteiger partial charge < -0.3 is 14.4 Å². The first-order valence-corrected chi connectivity index (χ1v) is 12.5. The van der Waals surface area contributed by atoms with Crippen molar-refractivity contribution in [2.24, 2.45) is 0 Å². The molecule has 5 rings (SSSR count). The summed E-state index contributed by atoms with van der Waals surface area (Å²) in [4.78, 5) is 35.1. The van der Waals surface area contributed by atoms with Crippen LogP contribution in [-0.4, -0.2) is 51.1 Å². The minimum Gasteiger partial charge on any atom is -0.366 e. The lowest BCUT2D eigenvalue weighted by Gasteiger charge is -2.36. The molecule has 0 N–H and O–H groups in total. The summed E-state index contributed by atoms with van der Waals surface area (Å²) in [5, 5.41) is 0. The van der Waals surface area contributed by atoms with Crippen LogP contribution in [0, 0.1) is 5.82 Å². The first kappa shape index (κ1) is 23.8. The van der Waals surface area contributed by atoms with E-state index >= 15 is 0 Å². The molecule has 0 unspecified atom stereocenters. The molecule has 7 nitrogen and oxygen atoms in total. The third kappa shape index (κ3) is 4.63. The van der Waals surface area contributed by atoms with Crippen LogP contribution in [0.4, 0.5) is 10.1 Å². The molecule has 1 aliphatic rings. The van der Waals surface area contributed by atoms with Crippen LogP contribution in [0.25, 0.3) is 22.2 Å². The van der Waals surface area contributed by atoms with E-state index in [4.69, 9.17) is 0 Å². The number of anilines is 1. The van der Waals surface area contributed by atoms with Gasteiger partial charge in [0, 0.05) is 44.5 Å². The zero-order chi connectivity index (χ0) is 25.1. The number of fused-ring (bicyclic) bond motifs is 1. The van der Waals surface area contributed by atoms with Crippen molar-refractivity contribution in [2.75, 3.05) is 31.1 Å². The van der Waals surface area contributed by atoms with Gasteiger partial charge in [-0.25, -0.2) is 9.37 Å². The Morgan fingerprint density at radius 3 is 2.42 bits per heavy atom. The predicted octanol–water partition coefficient (Wildman–Crippen LogP) is 4.15. The van der Waals surface area contributed by atoms with Gasteiger partial charge >= 0.3 is 0 Å². The van der Waals surface area contributed by atoms with E-state index in [-0.39, 0.29) is 23.8 Å². The Balaban J connectivity index is 1.41. The van der Waals surface area contributed by atoms with Crippen LogP contribution in [-0.2, 0) is 17.9 Å². The number of aryl methyl sites for hydroxylation is 1. The molecule has 1 saturated heterocycles. The van der Waals surface area contributed by atoms with Gasteiger partial charge in [0.15, 0.2) is 0 Å². The molecule has 2 aromatic carbocycles. The number of carbonyl (C=O) groups excluding carboxylic acids is 1. The fourth-order valence-corrected chi connectivity index (χ4v) is 4.81. The number of rotatable bonds is 7. The Bertz CT molecular complexity index is 1420. The van der Waals surface area contributed by atoms with Crippen LogP contribution in [0.1, 0.15) is 19.8 Å². The van der Waals surface area contributed by atoms with Crippen molar-refractivity contribution in [2.45, 2.75) is 32.9 Å². The van der Waals surface area contributed by atoms with E-state index in [1.165, 1.54) is 6.07 Å². The van der Waals surface area contributed by atoms with Gasteiger partial charge in [0.25, 0.3) is 5.56 Å². The summed E-state index contributed by atoms with van der Waals surface area (Å²) < 4.78 is 17.6. The van der Waals surface area contributed by atoms with E-state index in [1.54, 1.807) is 32.5 Å². The van der Waals surface area contributed by atoms with Gasteiger partial charge in [0.2, 0.25) is 5.91 Å². The highest BCUT2D eigenvalue weighted by molar-refractivity contribution is 5.93. The number of para-hydroxylation sites is 1. The molecule has 0 radical (unpaired) electrons. The fraction of sp³-hybridized carbons (Fsp3) is 0.321. The number of halogens is 1. The average molecular weight is 488 g/mol. The standard InChI is InChI=1S/C28H30FN5O2/c1-2-3-13-33-20-30-26-22(21-9-5-4-6-10-21)18-34(27(26)28(33)36)19-25(35)32-16-14-31(15-17-32)24-12-8-7-11-23(24)29/h4-12,18,20H,2-3,13-17,19H2,1H3. The van der Waals surface area contributed by atoms with Gasteiger partial charge in [-0.2, -0.15) is 0 Å². The van der Waals surface area contributed by atoms with Crippen molar-refractivity contribution >= 4 is 22.6 Å². The van der Waals surface area contributed by atoms with Crippen LogP contribution in [0.2, 0.25) is 0 Å². The largest absolute Gasteiger partial charge is 0.366 e. The number of hydrogen-bond donors (Lipinski definition) is 0. The Morgan fingerprint density at radius 2 is 1.69 bits per heavy atom. The quantitative estimate of drug-likeness (QED) is 0.393. The SMILES string of the molecule is CCCCn1cnc2c(-c3ccccc3)cn(CC(=O)N3CCN(c4ccccc4F)CC3)c2c1=O. The first-order chi connectivity index (χ1) is 17.6. The number of unbranched alkanes of at least 4 members (excludes halogenated alkanes) is 1. The molecule has 8 heteroatoms. The van der Waals surface area contributed by atoms with E-state index in [1.807, 2.05) is 47.5 Å². The van der Waals surface area contributed by atoms with Crippen LogP contribution in [0.15, 0.2) is 71.9 Å². The molecule has 186 valence electrons. The molecule has 4 aromatic rings. The topological polar surface area (TPSA) is 63.4 Å². The van der Waals surface area contributed by atoms with Gasteiger partial charge in [-0.1, -0.05) is 55.8 Å². The Kier molecular flexibility index (Phi) is 6.84. The monoisotopic (exact) mass is 487 g/mol. The molecule has 0 spiro atoms. The molecule has 1 aliphatic heterocycles. The Labute approximate surface area is 209 Å². The van der Waals surface area contributed by atoms with Gasteiger partial charge in [0.1, 0.15) is 23.4 Å². The van der Waals surface area contributed by atoms with Crippen molar-refractivity contribution in [3.8, 4) is 11.1 Å². The maximum Gasteiger partial charge on any atom is 0.277 e. The summed E-state index contributed by atoms with van der Waals surface area (Å²) in [6.45, 7) is 4.83. The lowest BCUT2D eigenvalue weighted by atomic mass is 10.1. The molecular formula is C28H30FN5O2. The normalized spacial score (nSPS) is 13.9. The fourth-order valence-electron chi connectivity index (χ4n) is 4.81. The summed E-state index contributed by atoms with van der Waals surface area (Å²) in [6.07, 6.45) is 5.33. The summed E-state index contributed by atoms with van der Waals surface area (Å²) in [5.41, 5.74) is 3.27. The molecule has 0 saturated carbocycles. The second kappa shape index (κ2) is 10.4. The summed E-state index contributed by atoms with van der Waals surface area (Å²) >= 11 is 0. The third-order valence-electron chi connectivity index (χ3n) is 6.81. The van der Waals surface area contributed by atoms with Gasteiger partial charge in [0.05, 0.1) is 12.0 Å². The zero-order valence-electron chi connectivity index (χ0n) is 20.4. The predicted molar refractivity (Wildman–Crippen MR) is 140 cm³/mol. The molecule has 0 aliphatic carbocycles. The average Bonchev–Trinajstić information content (AvgIpc) is 3.28. The maximum absolute atomic E-state index is 14.2. The highest BCUT2D eigenvalue weighted by Gasteiger charge is 2.24. The van der Waals surface area contributed by atoms with E-state index < -0.39 is 0 Å². The van der Waals surface area contributed by atoms with Crippen molar-refractivity contribution in [1.82, 2.24) is 19.0 Å². The summed E-state index contributed by atoms with van der Waals surface area (Å²) in [7, 11) is 0. The Morgan fingerprint density at radius 1 is 0.972 bits per heavy atom. The van der Waals surface area contributed by atoms with Gasteiger partial charge in [-0.3, -0.25) is 14.2 Å². The number of benzene rings is 2. The maximum atomic E-state index is 14.2. The zero-order valence-corrected chi connectivity index (χ0v) is 20.4. The molecule has 3 heterocycles. The van der Waals surface area contributed by atoms with Crippen LogP contribution >= 0.6 is 0 Å². The lowest BCUT2D eigenvalue weighted by Crippen LogP contribution is -2.49. The lowest BCUT2D eigenvalue weighted by molar-refractivity contribution is -0.132. The second-order valence-corrected chi connectivity index (χ2v) is 9.15. The minimum atomic E-state index is -0.253. The third-order valence-corrected chi connectivity index (χ3v) is 6.81. The van der Waals surface area contributed by atoms with Crippen LogP contribution in [0.5, 0.6) is 0 Å². The summed E-state index contributed by atoms with van der Waals surface area (Å²) in [6, 6.07) is 16.5. The summed E-state index contributed by atoms with van der Waals surface area (Å²) in [5.74, 6) is -0.320. The van der Waals surface area contributed by atoms with Crippen molar-refractivity contribution < 1.29 is 9.18 Å². The highest BCUT2D eigenvalue weighted by atomic mass is 19.1. The number of aromatic nitrogens is 3. The number of amides is 1. The molecule has 1 fully saturated rings. The van der Waals surface area contributed by atoms with Crippen molar-refractivity contribution in [3.63, 3.8) is 0 Å². The molecular weight excluding hydrogens is 457 g/mol. The van der Waals surface area contributed by atoms with Gasteiger partial charge in [-0.05, 0) is 24.1 Å². The van der Waals surface area contributed by atoms with Crippen molar-refractivity contribution in [3.05, 3.63) is 83.3 Å². The number of nitrogens with zero attached hydrogens (tertiary/aromatic N) is 5. The van der Waals surface area contributed by atoms with Crippen molar-refractivity contribution in [1.29, 1.82) is 0 Å². The van der Waals surface area contributed by atoms with E-state index in [9.17, 15) is 14.0 Å². The highest BCUT2D eigenvalue weighted by Crippen LogP contribution is 2.28. The van der Waals surface area contributed by atoms with Gasteiger partial charge in [-0.15, -0.1) is 0 Å². The van der Waals surface area contributed by atoms with E-state index in [2.05, 4.69) is 11.9 Å². The molecule has 36 heavy (non-hydrogen) atoms.